The van der Waals surface area contributed by atoms with Crippen LogP contribution in [-0.2, 0) is 133 Å². The highest BCUT2D eigenvalue weighted by Gasteiger charge is 2.60. The molecule has 4 aliphatic rings. The molecule has 0 saturated carbocycles. The summed E-state index contributed by atoms with van der Waals surface area (Å²) in [6, 6.07) is 14.2. The van der Waals surface area contributed by atoms with Crippen molar-refractivity contribution in [1.82, 2.24) is 5.32 Å². The highest BCUT2D eigenvalue weighted by molar-refractivity contribution is 5.81. The molecule has 1 amide bonds. The zero-order chi connectivity index (χ0) is 67.5. The smallest absolute Gasteiger partial charge is 0.407 e. The van der Waals surface area contributed by atoms with Crippen molar-refractivity contribution in [2.24, 2.45) is 0 Å². The molecule has 506 valence electrons. The predicted molar refractivity (Wildman–Crippen MR) is 303 cm³/mol. The van der Waals surface area contributed by atoms with E-state index in [9.17, 15) is 62.6 Å². The fourth-order valence-electron chi connectivity index (χ4n) is 10.9. The molecule has 0 spiro atoms. The molecular weight excluding hydrogens is 1230 g/mol. The lowest BCUT2D eigenvalue weighted by Gasteiger charge is -2.50. The van der Waals surface area contributed by atoms with Crippen molar-refractivity contribution in [3.8, 4) is 11.1 Å². The maximum atomic E-state index is 13.2. The first-order chi connectivity index (χ1) is 43.6. The molecule has 0 radical (unpaired) electrons. The average Bonchev–Trinajstić information content (AvgIpc) is 1.10. The van der Waals surface area contributed by atoms with Gasteiger partial charge in [-0.05, 0) is 35.1 Å². The molecule has 0 bridgehead atoms. The molecule has 3 fully saturated rings. The van der Waals surface area contributed by atoms with Crippen LogP contribution in [0.25, 0.3) is 11.1 Å². The number of alkyl carbamates (subject to hydrolysis) is 1. The summed E-state index contributed by atoms with van der Waals surface area (Å²) >= 11 is 0. The fourth-order valence-corrected chi connectivity index (χ4v) is 10.9. The molecule has 31 nitrogen and oxygen atoms in total. The predicted octanol–water partition coefficient (Wildman–Crippen LogP) is 3.10. The number of carbonyl (C=O) groups excluding carboxylic acids is 11. The zero-order valence-electron chi connectivity index (χ0n) is 52.3. The van der Waals surface area contributed by atoms with Crippen LogP contribution in [0.5, 0.6) is 0 Å². The lowest BCUT2D eigenvalue weighted by Crippen LogP contribution is -2.69. The van der Waals surface area contributed by atoms with Crippen LogP contribution >= 0.6 is 0 Å². The Bertz CT molecular complexity index is 2920. The van der Waals surface area contributed by atoms with Crippen molar-refractivity contribution in [2.75, 3.05) is 33.0 Å². The van der Waals surface area contributed by atoms with Crippen LogP contribution in [0.4, 0.5) is 4.79 Å². The Kier molecular flexibility index (Phi) is 27.1. The largest absolute Gasteiger partial charge is 0.480 e. The van der Waals surface area contributed by atoms with Crippen LogP contribution in [0.15, 0.2) is 48.5 Å². The minimum Gasteiger partial charge on any atom is -0.480 e. The lowest BCUT2D eigenvalue weighted by molar-refractivity contribution is -0.380. The number of esters is 10. The minimum absolute atomic E-state index is 0.0227. The maximum absolute atomic E-state index is 13.2. The summed E-state index contributed by atoms with van der Waals surface area (Å²) in [7, 11) is 0. The van der Waals surface area contributed by atoms with Gasteiger partial charge in [-0.25, -0.2) is 9.59 Å². The van der Waals surface area contributed by atoms with Gasteiger partial charge in [-0.15, -0.1) is 0 Å². The maximum Gasteiger partial charge on any atom is 0.407 e. The van der Waals surface area contributed by atoms with Crippen molar-refractivity contribution in [2.45, 2.75) is 205 Å². The first-order valence-corrected chi connectivity index (χ1v) is 29.5. The summed E-state index contributed by atoms with van der Waals surface area (Å²) in [5.41, 5.74) is 4.01. The van der Waals surface area contributed by atoms with Crippen LogP contribution in [0, 0.1) is 0 Å². The van der Waals surface area contributed by atoms with E-state index in [4.69, 9.17) is 80.5 Å². The summed E-state index contributed by atoms with van der Waals surface area (Å²) in [5.74, 6) is -11.2. The number of nitrogens with one attached hydrogen (secondary N) is 1. The number of carbonyl (C=O) groups is 12. The van der Waals surface area contributed by atoms with Crippen molar-refractivity contribution in [3.05, 3.63) is 59.7 Å². The average molecular weight is 1300 g/mol. The number of amides is 1. The van der Waals surface area contributed by atoms with E-state index in [1.807, 2.05) is 48.5 Å². The quantitative estimate of drug-likeness (QED) is 0.0671. The van der Waals surface area contributed by atoms with Crippen LogP contribution in [0.1, 0.15) is 118 Å². The molecule has 31 heteroatoms. The molecule has 2 aromatic rings. The number of hydrogen-bond donors (Lipinski definition) is 2. The van der Waals surface area contributed by atoms with Gasteiger partial charge in [0.05, 0.1) is 0 Å². The van der Waals surface area contributed by atoms with E-state index in [0.29, 0.717) is 19.3 Å². The van der Waals surface area contributed by atoms with Gasteiger partial charge in [-0.1, -0.05) is 67.8 Å². The number of hydrogen-bond acceptors (Lipinski definition) is 29. The Hall–Kier alpha value is -8.36. The first-order valence-electron chi connectivity index (χ1n) is 29.5. The molecular formula is C61H77NO30. The van der Waals surface area contributed by atoms with Gasteiger partial charge in [0.15, 0.2) is 61.6 Å². The highest BCUT2D eigenvalue weighted by atomic mass is 16.8. The van der Waals surface area contributed by atoms with E-state index in [1.165, 1.54) is 0 Å². The monoisotopic (exact) mass is 1300 g/mol. The number of ether oxygens (including phenoxy) is 17. The molecule has 6 rings (SSSR count). The van der Waals surface area contributed by atoms with E-state index < -0.39 is 190 Å². The number of carboxylic acid groups (broad SMARTS) is 1. The standard InChI is InChI=1S/C61H77NO30/c1-29(63)77-26-45-48(81-32(4)66)51(82-33(5)67)55(86-37(9)71)59(89-45)92-50-47(28-79-31(3)65)90-60(56(87-38(10)72)53(50)84-35(7)69)91-49-46(27-78-30(2)64)88-58(54(85-36(8)70)52(49)83-34(6)68)76-24-18-12-11-13-23-44(57(73)74)62-61(75)80-25-43-41-21-16-14-19-39(41)40-20-15-17-22-42(40)43/h14-17,19-22,43-56,58-60H,11-13,18,23-28H2,1-10H3,(H,62,75)(H,73,74)/t44-,45+,46+,47+,48-,49+,50-,51-,52-,53-,54+,55+,56+,58+,59+,60+/m0/s1. The van der Waals surface area contributed by atoms with Gasteiger partial charge >= 0.3 is 71.8 Å². The summed E-state index contributed by atoms with van der Waals surface area (Å²) in [6.45, 7) is 7.54. The van der Waals surface area contributed by atoms with E-state index >= 15 is 0 Å². The van der Waals surface area contributed by atoms with Gasteiger partial charge in [0.25, 0.3) is 0 Å². The SMILES string of the molecule is CC(=O)OC[C@H]1O[C@H](O[C@@H]2[C@H](OC(C)=O)[C@@H](OC(C)=O)[C@@H](O[C@H]3[C@H](OC(C)=O)[C@@H](OC(C)=O)[C@H](OCCCCCC[C@H](NC(=O)OCC4c5ccccc5-c5ccccc54)C(=O)O)O[C@@H]3COC(C)=O)O[C@@H]2COC(C)=O)[C@H](OC(C)=O)[C@@H](OC(C)=O)[C@H]1OC(C)=O. The molecule has 2 N–H and O–H groups in total. The second-order valence-electron chi connectivity index (χ2n) is 21.7. The number of unbranched alkanes of at least 4 members (excludes halogenated alkanes) is 3. The van der Waals surface area contributed by atoms with E-state index in [-0.39, 0.29) is 32.0 Å². The van der Waals surface area contributed by atoms with Gasteiger partial charge in [0.1, 0.15) is 63.0 Å². The van der Waals surface area contributed by atoms with Gasteiger partial charge in [-0.3, -0.25) is 47.9 Å². The Morgan fingerprint density at radius 3 is 1.15 bits per heavy atom. The van der Waals surface area contributed by atoms with Crippen molar-refractivity contribution in [3.63, 3.8) is 0 Å². The Balaban J connectivity index is 1.23. The van der Waals surface area contributed by atoms with Crippen molar-refractivity contribution in [1.29, 1.82) is 0 Å². The molecule has 3 heterocycles. The molecule has 3 aliphatic heterocycles. The lowest BCUT2D eigenvalue weighted by atomic mass is 9.95. The van der Waals surface area contributed by atoms with Crippen molar-refractivity contribution < 1.29 is 143 Å². The molecule has 16 atom stereocenters. The zero-order valence-corrected chi connectivity index (χ0v) is 52.3. The molecule has 92 heavy (non-hydrogen) atoms. The van der Waals surface area contributed by atoms with Crippen LogP contribution in [0.3, 0.4) is 0 Å². The van der Waals surface area contributed by atoms with Gasteiger partial charge in [-0.2, -0.15) is 0 Å². The van der Waals surface area contributed by atoms with Crippen LogP contribution in [0.2, 0.25) is 0 Å². The number of rotatable bonds is 29. The number of fused-ring (bicyclic) bond motifs is 3. The number of aliphatic carboxylic acids is 1. The van der Waals surface area contributed by atoms with E-state index in [0.717, 1.165) is 91.5 Å². The van der Waals surface area contributed by atoms with Gasteiger partial charge in [0, 0.05) is 81.8 Å². The summed E-state index contributed by atoms with van der Waals surface area (Å²) in [4.78, 5) is 153. The topological polar surface area (TPSA) is 394 Å². The Labute approximate surface area is 528 Å². The van der Waals surface area contributed by atoms with E-state index in [2.05, 4.69) is 5.32 Å². The summed E-state index contributed by atoms with van der Waals surface area (Å²) < 4.78 is 99.1. The van der Waals surface area contributed by atoms with E-state index in [1.54, 1.807) is 0 Å². The molecule has 2 aromatic carbocycles. The fraction of sp³-hybridized carbons (Fsp3) is 0.607. The second-order valence-corrected chi connectivity index (χ2v) is 21.7. The summed E-state index contributed by atoms with van der Waals surface area (Å²) in [6.07, 6.45) is -26.6. The Morgan fingerprint density at radius 2 is 0.750 bits per heavy atom. The van der Waals surface area contributed by atoms with Gasteiger partial charge in [0.2, 0.25) is 0 Å². The first kappa shape index (κ1) is 72.7. The number of benzene rings is 2. The number of carboxylic acids is 1. The second kappa shape index (κ2) is 34.3. The van der Waals surface area contributed by atoms with Crippen LogP contribution in [-0.4, -0.2) is 208 Å². The molecule has 1 aliphatic carbocycles. The molecule has 0 unspecified atom stereocenters. The van der Waals surface area contributed by atoms with Crippen molar-refractivity contribution >= 4 is 71.8 Å². The Morgan fingerprint density at radius 1 is 0.402 bits per heavy atom. The molecule has 0 aromatic heterocycles. The third-order valence-corrected chi connectivity index (χ3v) is 14.4. The highest BCUT2D eigenvalue weighted by Crippen LogP contribution is 2.45. The minimum atomic E-state index is -2.07. The summed E-state index contributed by atoms with van der Waals surface area (Å²) in [5, 5.41) is 12.5. The third kappa shape index (κ3) is 20.8. The van der Waals surface area contributed by atoms with Crippen LogP contribution < -0.4 is 5.32 Å². The third-order valence-electron chi connectivity index (χ3n) is 14.4. The molecule has 3 saturated heterocycles. The van der Waals surface area contributed by atoms with Gasteiger partial charge < -0.3 is 90.9 Å². The normalized spacial score (nSPS) is 26.7.